The van der Waals surface area contributed by atoms with Gasteiger partial charge in [0.2, 0.25) is 0 Å². The number of halogens is 1. The van der Waals surface area contributed by atoms with Crippen molar-refractivity contribution in [3.63, 3.8) is 0 Å². The standard InChI is InChI=1S/C15H19FO3S/c1-10-12(5-4-6-13(10)16)15(14(17)19-2)8-7-11(9-15)20(3)18/h4-6,11H,7-9H2,1-3H3/t11?,15-,20-/m0/s1. The average molecular weight is 298 g/mol. The molecule has 5 heteroatoms. The van der Waals surface area contributed by atoms with Crippen molar-refractivity contribution in [1.82, 2.24) is 0 Å². The molecule has 0 radical (unpaired) electrons. The van der Waals surface area contributed by atoms with Gasteiger partial charge in [-0.15, -0.1) is 0 Å². The number of methoxy groups -OCH3 is 1. The maximum Gasteiger partial charge on any atom is 0.316 e. The Kier molecular flexibility index (Phi) is 4.28. The van der Waals surface area contributed by atoms with E-state index in [0.29, 0.717) is 30.4 Å². The zero-order valence-electron chi connectivity index (χ0n) is 11.9. The number of carbonyl (C=O) groups excluding carboxylic acids is 1. The van der Waals surface area contributed by atoms with Crippen molar-refractivity contribution in [3.05, 3.63) is 35.1 Å². The van der Waals surface area contributed by atoms with Crippen LogP contribution in [0.2, 0.25) is 0 Å². The summed E-state index contributed by atoms with van der Waals surface area (Å²) in [4.78, 5) is 12.3. The molecule has 3 nitrogen and oxygen atoms in total. The molecule has 0 N–H and O–H groups in total. The number of benzene rings is 1. The van der Waals surface area contributed by atoms with Gasteiger partial charge in [0.25, 0.3) is 0 Å². The Morgan fingerprint density at radius 3 is 2.75 bits per heavy atom. The first-order valence-corrected chi connectivity index (χ1v) is 8.20. The van der Waals surface area contributed by atoms with Crippen LogP contribution >= 0.6 is 0 Å². The maximum absolute atomic E-state index is 13.8. The molecule has 1 aromatic rings. The SMILES string of the molecule is COC(=O)[C@@]1(c2cccc(F)c2C)CCC([S@](C)=O)C1. The van der Waals surface area contributed by atoms with E-state index in [0.717, 1.165) is 0 Å². The highest BCUT2D eigenvalue weighted by Crippen LogP contribution is 2.45. The minimum atomic E-state index is -0.993. The van der Waals surface area contributed by atoms with Gasteiger partial charge >= 0.3 is 5.97 Å². The quantitative estimate of drug-likeness (QED) is 0.805. The molecule has 0 bridgehead atoms. The van der Waals surface area contributed by atoms with Crippen LogP contribution in [0.5, 0.6) is 0 Å². The first-order chi connectivity index (χ1) is 9.42. The Morgan fingerprint density at radius 1 is 1.50 bits per heavy atom. The molecular weight excluding hydrogens is 279 g/mol. The van der Waals surface area contributed by atoms with Crippen LogP contribution in [0.15, 0.2) is 18.2 Å². The summed E-state index contributed by atoms with van der Waals surface area (Å²) in [5.74, 6) is -0.689. The number of esters is 1. The summed E-state index contributed by atoms with van der Waals surface area (Å²) in [5, 5.41) is -0.0447. The van der Waals surface area contributed by atoms with Gasteiger partial charge in [-0.1, -0.05) is 12.1 Å². The molecule has 0 heterocycles. The van der Waals surface area contributed by atoms with Gasteiger partial charge in [-0.2, -0.15) is 0 Å². The lowest BCUT2D eigenvalue weighted by Gasteiger charge is -2.28. The van der Waals surface area contributed by atoms with Crippen molar-refractivity contribution in [2.45, 2.75) is 36.9 Å². The van der Waals surface area contributed by atoms with Crippen molar-refractivity contribution >= 4 is 16.8 Å². The Hall–Kier alpha value is -1.23. The molecule has 110 valence electrons. The normalized spacial score (nSPS) is 27.3. The van der Waals surface area contributed by atoms with Crippen LogP contribution in [0.4, 0.5) is 4.39 Å². The largest absolute Gasteiger partial charge is 0.468 e. The smallest absolute Gasteiger partial charge is 0.316 e. The van der Waals surface area contributed by atoms with Crippen molar-refractivity contribution in [3.8, 4) is 0 Å². The fraction of sp³-hybridized carbons (Fsp3) is 0.533. The highest BCUT2D eigenvalue weighted by Gasteiger charge is 2.49. The van der Waals surface area contributed by atoms with Gasteiger partial charge in [0, 0.05) is 22.3 Å². The van der Waals surface area contributed by atoms with Crippen LogP contribution in [0.25, 0.3) is 0 Å². The second-order valence-electron chi connectivity index (χ2n) is 5.35. The molecule has 0 amide bonds. The highest BCUT2D eigenvalue weighted by molar-refractivity contribution is 7.84. The van der Waals surface area contributed by atoms with Crippen LogP contribution in [0.1, 0.15) is 30.4 Å². The molecule has 0 spiro atoms. The van der Waals surface area contributed by atoms with Gasteiger partial charge in [-0.05, 0) is 43.4 Å². The van der Waals surface area contributed by atoms with Gasteiger partial charge < -0.3 is 4.74 Å². The predicted octanol–water partition coefficient (Wildman–Crippen LogP) is 2.48. The average Bonchev–Trinajstić information content (AvgIpc) is 2.87. The Bertz CT molecular complexity index is 558. The van der Waals surface area contributed by atoms with Crippen LogP contribution in [0, 0.1) is 12.7 Å². The Morgan fingerprint density at radius 2 is 2.20 bits per heavy atom. The third-order valence-corrected chi connectivity index (χ3v) is 5.64. The monoisotopic (exact) mass is 298 g/mol. The number of hydrogen-bond donors (Lipinski definition) is 0. The number of carbonyl (C=O) groups is 1. The van der Waals surface area contributed by atoms with E-state index < -0.39 is 16.2 Å². The summed E-state index contributed by atoms with van der Waals surface area (Å²) >= 11 is 0. The molecule has 20 heavy (non-hydrogen) atoms. The molecule has 2 rings (SSSR count). The van der Waals surface area contributed by atoms with Crippen molar-refractivity contribution < 1.29 is 18.1 Å². The van der Waals surface area contributed by atoms with E-state index >= 15 is 0 Å². The van der Waals surface area contributed by atoms with Crippen LogP contribution < -0.4 is 0 Å². The first kappa shape index (κ1) is 15.2. The Labute approximate surface area is 121 Å². The summed E-state index contributed by atoms with van der Waals surface area (Å²) in [6.45, 7) is 1.67. The third-order valence-electron chi connectivity index (χ3n) is 4.30. The molecule has 0 aliphatic heterocycles. The van der Waals surface area contributed by atoms with E-state index in [1.54, 1.807) is 25.3 Å². The van der Waals surface area contributed by atoms with E-state index in [2.05, 4.69) is 0 Å². The van der Waals surface area contributed by atoms with E-state index in [1.165, 1.54) is 13.2 Å². The zero-order chi connectivity index (χ0) is 14.9. The summed E-state index contributed by atoms with van der Waals surface area (Å²) in [7, 11) is 0.349. The van der Waals surface area contributed by atoms with Gasteiger partial charge in [-0.3, -0.25) is 9.00 Å². The van der Waals surface area contributed by atoms with E-state index in [1.807, 2.05) is 0 Å². The zero-order valence-corrected chi connectivity index (χ0v) is 12.8. The molecule has 1 aliphatic carbocycles. The molecule has 0 saturated heterocycles. The fourth-order valence-corrected chi connectivity index (χ4v) is 4.11. The molecule has 1 saturated carbocycles. The topological polar surface area (TPSA) is 43.4 Å². The fourth-order valence-electron chi connectivity index (χ4n) is 3.14. The lowest BCUT2D eigenvalue weighted by atomic mass is 9.77. The number of rotatable bonds is 3. The number of ether oxygens (including phenoxy) is 1. The second kappa shape index (κ2) is 5.64. The maximum atomic E-state index is 13.8. The van der Waals surface area contributed by atoms with Crippen LogP contribution in [-0.4, -0.2) is 28.8 Å². The van der Waals surface area contributed by atoms with Crippen molar-refractivity contribution in [2.24, 2.45) is 0 Å². The minimum absolute atomic E-state index is 0.0447. The summed E-state index contributed by atoms with van der Waals surface area (Å²) < 4.78 is 30.5. The summed E-state index contributed by atoms with van der Waals surface area (Å²) in [6.07, 6.45) is 3.34. The lowest BCUT2D eigenvalue weighted by Crippen LogP contribution is -2.36. The molecule has 1 unspecified atom stereocenters. The van der Waals surface area contributed by atoms with E-state index in [9.17, 15) is 13.4 Å². The van der Waals surface area contributed by atoms with E-state index in [-0.39, 0.29) is 17.0 Å². The summed E-state index contributed by atoms with van der Waals surface area (Å²) in [5.41, 5.74) is 0.273. The van der Waals surface area contributed by atoms with Crippen molar-refractivity contribution in [2.75, 3.05) is 13.4 Å². The third kappa shape index (κ3) is 2.39. The van der Waals surface area contributed by atoms with Crippen molar-refractivity contribution in [1.29, 1.82) is 0 Å². The van der Waals surface area contributed by atoms with Crippen LogP contribution in [0.3, 0.4) is 0 Å². The second-order valence-corrected chi connectivity index (χ2v) is 7.01. The van der Waals surface area contributed by atoms with Gasteiger partial charge in [-0.25, -0.2) is 4.39 Å². The Balaban J connectivity index is 2.52. The molecular formula is C15H19FO3S. The van der Waals surface area contributed by atoms with Gasteiger partial charge in [0.15, 0.2) is 0 Å². The van der Waals surface area contributed by atoms with Gasteiger partial charge in [0.05, 0.1) is 12.5 Å². The van der Waals surface area contributed by atoms with E-state index in [4.69, 9.17) is 4.74 Å². The lowest BCUT2D eigenvalue weighted by molar-refractivity contribution is -0.147. The molecule has 1 aliphatic rings. The minimum Gasteiger partial charge on any atom is -0.468 e. The predicted molar refractivity (Wildman–Crippen MR) is 76.5 cm³/mol. The molecule has 3 atom stereocenters. The van der Waals surface area contributed by atoms with Gasteiger partial charge in [0.1, 0.15) is 5.82 Å². The molecule has 1 fully saturated rings. The summed E-state index contributed by atoms with van der Waals surface area (Å²) in [6, 6.07) is 4.77. The molecule has 1 aromatic carbocycles. The van der Waals surface area contributed by atoms with Crippen LogP contribution in [-0.2, 0) is 25.7 Å². The highest BCUT2D eigenvalue weighted by atomic mass is 32.2. The number of hydrogen-bond acceptors (Lipinski definition) is 3. The first-order valence-electron chi connectivity index (χ1n) is 6.58. The molecule has 0 aromatic heterocycles.